The quantitative estimate of drug-likeness (QED) is 0.109. The molecule has 4 amide bonds. The summed E-state index contributed by atoms with van der Waals surface area (Å²) in [6, 6.07) is 5.27. The van der Waals surface area contributed by atoms with Gasteiger partial charge in [-0.2, -0.15) is 13.9 Å². The van der Waals surface area contributed by atoms with Crippen LogP contribution < -0.4 is 24.8 Å². The average molecular weight is 906 g/mol. The number of benzene rings is 2. The molecule has 0 unspecified atom stereocenters. The van der Waals surface area contributed by atoms with Gasteiger partial charge in [-0.05, 0) is 87.2 Å². The first kappa shape index (κ1) is 43.7. The van der Waals surface area contributed by atoms with E-state index in [-0.39, 0.29) is 47.3 Å². The molecule has 336 valence electrons. The lowest BCUT2D eigenvalue weighted by atomic mass is 10.0. The Kier molecular flexibility index (Phi) is 11.3. The van der Waals surface area contributed by atoms with E-state index in [1.54, 1.807) is 6.08 Å². The SMILES string of the molecule is CC1(S(=O)(=O)NC(=O)[C@@]23C[C@H]2/C=C\CCCCC[C@H](NC(=O)c2ccn(C(F)F)n2)C(=O)N2C[C@H](Oc4nc5cc(F)ccc5c5ccc(OC(F)(F)F)cc45)C[C@H]2C(=O)N3)CC1. The van der Waals surface area contributed by atoms with Gasteiger partial charge in [-0.1, -0.05) is 25.0 Å². The van der Waals surface area contributed by atoms with E-state index in [1.807, 2.05) is 6.08 Å². The van der Waals surface area contributed by atoms with E-state index in [9.17, 15) is 53.9 Å². The molecule has 2 aromatic heterocycles. The summed E-state index contributed by atoms with van der Waals surface area (Å²) in [5.74, 6) is -5.81. The first-order valence-electron chi connectivity index (χ1n) is 20.2. The number of carbonyl (C=O) groups is 4. The predicted octanol–water partition coefficient (Wildman–Crippen LogP) is 5.56. The number of pyridine rings is 1. The topological polar surface area (TPSA) is 191 Å². The van der Waals surface area contributed by atoms with Crippen LogP contribution in [0.15, 0.2) is 60.8 Å². The smallest absolute Gasteiger partial charge is 0.472 e. The molecule has 2 aliphatic carbocycles. The van der Waals surface area contributed by atoms with E-state index in [1.165, 1.54) is 19.1 Å². The minimum absolute atomic E-state index is 0.0123. The molecule has 0 bridgehead atoms. The molecule has 8 rings (SSSR count). The zero-order valence-electron chi connectivity index (χ0n) is 33.5. The second-order valence-corrected chi connectivity index (χ2v) is 18.7. The minimum Gasteiger partial charge on any atom is -0.472 e. The average Bonchev–Trinajstić information content (AvgIpc) is 3.98. The van der Waals surface area contributed by atoms with E-state index in [0.29, 0.717) is 49.3 Å². The number of nitrogens with one attached hydrogen (secondary N) is 3. The molecule has 0 spiro atoms. The first-order chi connectivity index (χ1) is 29.8. The lowest BCUT2D eigenvalue weighted by Crippen LogP contribution is -2.58. The summed E-state index contributed by atoms with van der Waals surface area (Å²) in [7, 11) is -4.14. The van der Waals surface area contributed by atoms with Gasteiger partial charge in [0.25, 0.3) is 11.8 Å². The number of aromatic nitrogens is 3. The maximum atomic E-state index is 14.7. The third kappa shape index (κ3) is 8.99. The molecule has 2 aliphatic heterocycles. The number of hydrogen-bond acceptors (Lipinski definition) is 10. The van der Waals surface area contributed by atoms with E-state index in [0.717, 1.165) is 41.4 Å². The zero-order chi connectivity index (χ0) is 45.1. The maximum absolute atomic E-state index is 14.7. The second-order valence-electron chi connectivity index (χ2n) is 16.5. The van der Waals surface area contributed by atoms with Crippen molar-refractivity contribution in [2.24, 2.45) is 5.92 Å². The zero-order valence-corrected chi connectivity index (χ0v) is 34.3. The number of allylic oxidation sites excluding steroid dienone is 1. The van der Waals surface area contributed by atoms with Gasteiger partial charge in [0.05, 0.1) is 16.8 Å². The Morgan fingerprint density at radius 3 is 2.49 bits per heavy atom. The monoisotopic (exact) mass is 905 g/mol. The highest BCUT2D eigenvalue weighted by Gasteiger charge is 2.63. The molecule has 4 heterocycles. The van der Waals surface area contributed by atoms with Crippen LogP contribution in [0.25, 0.3) is 21.7 Å². The molecule has 3 fully saturated rings. The van der Waals surface area contributed by atoms with Crippen molar-refractivity contribution in [2.75, 3.05) is 6.54 Å². The van der Waals surface area contributed by atoms with Crippen molar-refractivity contribution in [3.8, 4) is 11.6 Å². The highest BCUT2D eigenvalue weighted by Crippen LogP contribution is 2.48. The van der Waals surface area contributed by atoms with Crippen LogP contribution in [-0.2, 0) is 24.4 Å². The summed E-state index contributed by atoms with van der Waals surface area (Å²) >= 11 is 0. The molecule has 2 saturated carbocycles. The Bertz CT molecular complexity index is 2640. The summed E-state index contributed by atoms with van der Waals surface area (Å²) in [6.07, 6.45) is 0.742. The largest absolute Gasteiger partial charge is 0.573 e. The predicted molar refractivity (Wildman–Crippen MR) is 211 cm³/mol. The summed E-state index contributed by atoms with van der Waals surface area (Å²) in [6.45, 7) is -1.94. The van der Waals surface area contributed by atoms with Gasteiger partial charge in [0.1, 0.15) is 41.0 Å². The number of halogens is 6. The fourth-order valence-corrected chi connectivity index (χ4v) is 9.43. The fraction of sp³-hybridized carbons (Fsp3) is 0.463. The molecule has 3 N–H and O–H groups in total. The van der Waals surface area contributed by atoms with Crippen molar-refractivity contribution in [1.82, 2.24) is 35.0 Å². The molecule has 5 atom stereocenters. The number of alkyl halides is 5. The van der Waals surface area contributed by atoms with Crippen LogP contribution in [0.2, 0.25) is 0 Å². The van der Waals surface area contributed by atoms with Gasteiger partial charge in [-0.3, -0.25) is 23.9 Å². The second kappa shape index (κ2) is 16.3. The van der Waals surface area contributed by atoms with Crippen LogP contribution >= 0.6 is 0 Å². The molecular formula is C41H41F6N7O8S. The van der Waals surface area contributed by atoms with Crippen LogP contribution in [0.4, 0.5) is 26.3 Å². The number of sulfonamides is 1. The van der Waals surface area contributed by atoms with E-state index in [2.05, 4.69) is 30.2 Å². The Balaban J connectivity index is 1.15. The van der Waals surface area contributed by atoms with Crippen molar-refractivity contribution < 1.29 is 63.4 Å². The molecule has 0 radical (unpaired) electrons. The van der Waals surface area contributed by atoms with Crippen LogP contribution in [-0.4, -0.2) is 93.1 Å². The first-order valence-corrected chi connectivity index (χ1v) is 21.7. The van der Waals surface area contributed by atoms with Gasteiger partial charge >= 0.3 is 12.9 Å². The lowest BCUT2D eigenvalue weighted by molar-refractivity contribution is -0.274. The van der Waals surface area contributed by atoms with Gasteiger partial charge in [0.15, 0.2) is 0 Å². The summed E-state index contributed by atoms with van der Waals surface area (Å²) in [4.78, 5) is 62.0. The van der Waals surface area contributed by atoms with Crippen molar-refractivity contribution in [3.05, 3.63) is 72.3 Å². The number of ether oxygens (including phenoxy) is 2. The third-order valence-electron chi connectivity index (χ3n) is 12.0. The van der Waals surface area contributed by atoms with E-state index in [4.69, 9.17) is 4.74 Å². The highest BCUT2D eigenvalue weighted by molar-refractivity contribution is 7.91. The molecule has 4 aliphatic rings. The normalized spacial score (nSPS) is 25.6. The summed E-state index contributed by atoms with van der Waals surface area (Å²) in [5, 5.41) is 9.55. The van der Waals surface area contributed by atoms with Gasteiger partial charge < -0.3 is 25.0 Å². The Morgan fingerprint density at radius 2 is 1.78 bits per heavy atom. The Morgan fingerprint density at radius 1 is 1.02 bits per heavy atom. The molecule has 63 heavy (non-hydrogen) atoms. The van der Waals surface area contributed by atoms with Crippen LogP contribution in [0.1, 0.15) is 81.7 Å². The number of hydrogen-bond donors (Lipinski definition) is 3. The Hall–Kier alpha value is -5.93. The molecule has 4 aromatic rings. The van der Waals surface area contributed by atoms with Gasteiger partial charge in [-0.25, -0.2) is 22.5 Å². The van der Waals surface area contributed by atoms with Gasteiger partial charge in [0, 0.05) is 35.4 Å². The molecule has 1 saturated heterocycles. The van der Waals surface area contributed by atoms with Crippen molar-refractivity contribution in [2.45, 2.75) is 106 Å². The van der Waals surface area contributed by atoms with Gasteiger partial charge in [0.2, 0.25) is 27.7 Å². The number of carbonyl (C=O) groups excluding carboxylic acids is 4. The van der Waals surface area contributed by atoms with Crippen LogP contribution in [0, 0.1) is 11.7 Å². The van der Waals surface area contributed by atoms with Crippen LogP contribution in [0.3, 0.4) is 0 Å². The molecule has 15 nitrogen and oxygen atoms in total. The maximum Gasteiger partial charge on any atom is 0.573 e. The Labute approximate surface area is 355 Å². The summed E-state index contributed by atoms with van der Waals surface area (Å²) in [5.41, 5.74) is -2.08. The van der Waals surface area contributed by atoms with E-state index >= 15 is 0 Å². The van der Waals surface area contributed by atoms with Crippen molar-refractivity contribution >= 4 is 55.3 Å². The fourth-order valence-electron chi connectivity index (χ4n) is 8.12. The number of rotatable bonds is 9. The van der Waals surface area contributed by atoms with Crippen molar-refractivity contribution in [1.29, 1.82) is 0 Å². The number of amides is 4. The minimum atomic E-state index is -5.06. The van der Waals surface area contributed by atoms with Crippen LogP contribution in [0.5, 0.6) is 11.6 Å². The van der Waals surface area contributed by atoms with Gasteiger partial charge in [-0.15, -0.1) is 13.2 Å². The molecule has 2 aromatic carbocycles. The van der Waals surface area contributed by atoms with Crippen molar-refractivity contribution in [3.63, 3.8) is 0 Å². The number of fused-ring (bicyclic) bond motifs is 5. The molecular weight excluding hydrogens is 865 g/mol. The highest BCUT2D eigenvalue weighted by atomic mass is 32.2. The summed E-state index contributed by atoms with van der Waals surface area (Å²) < 4.78 is 119. The standard InChI is InChI=1S/C41H41F6N7O8S/c1-39(14-15-39)63(59,60)52-37(58)40-20-22(40)7-5-3-2-4-6-8-30(48-33(55)29-13-16-54(51-29)38(43)44)36(57)53-21-25(19-32(53)34(56)50-40)61-35-28-18-24(62-41(45,46)47)10-12-26(28)27-11-9-23(42)17-31(27)49-35/h5,7,9-13,16-18,22,25,30,32,38H,2-4,6,8,14-15,19-21H2,1H3,(H,48,55)(H,50,56)(H,52,58)/b7-5-/t22-,25-,30+,32+,40-/m1/s1. The lowest BCUT2D eigenvalue weighted by Gasteiger charge is -2.30. The number of nitrogens with zero attached hydrogens (tertiary/aromatic N) is 4. The molecule has 22 heteroatoms. The van der Waals surface area contributed by atoms with E-state index < -0.39 is 98.2 Å². The third-order valence-corrected chi connectivity index (χ3v) is 14.2.